The molecule has 1 heterocycles. The fourth-order valence-electron chi connectivity index (χ4n) is 2.31. The van der Waals surface area contributed by atoms with Gasteiger partial charge in [0.15, 0.2) is 5.82 Å². The molecular formula is C16H12Cl2N2. The molecule has 0 radical (unpaired) electrons. The van der Waals surface area contributed by atoms with Crippen LogP contribution in [-0.4, -0.2) is 9.97 Å². The van der Waals surface area contributed by atoms with E-state index in [-0.39, 0.29) is 0 Å². The van der Waals surface area contributed by atoms with E-state index in [1.54, 1.807) is 0 Å². The molecular weight excluding hydrogens is 291 g/mol. The van der Waals surface area contributed by atoms with E-state index < -0.39 is 0 Å². The molecule has 0 aliphatic heterocycles. The lowest BCUT2D eigenvalue weighted by atomic mass is 10.1. The second-order valence-corrected chi connectivity index (χ2v) is 5.62. The topological polar surface area (TPSA) is 25.8 Å². The summed E-state index contributed by atoms with van der Waals surface area (Å²) in [6, 6.07) is 11.6. The van der Waals surface area contributed by atoms with Gasteiger partial charge in [-0.3, -0.25) is 0 Å². The molecule has 0 aliphatic carbocycles. The first kappa shape index (κ1) is 13.3. The van der Waals surface area contributed by atoms with Crippen molar-refractivity contribution >= 4 is 34.1 Å². The van der Waals surface area contributed by atoms with E-state index in [1.807, 2.05) is 44.2 Å². The van der Waals surface area contributed by atoms with Crippen LogP contribution in [0.5, 0.6) is 0 Å². The van der Waals surface area contributed by atoms with Gasteiger partial charge in [0.05, 0.1) is 5.52 Å². The molecule has 3 rings (SSSR count). The molecule has 0 bridgehead atoms. The van der Waals surface area contributed by atoms with Crippen LogP contribution in [0.15, 0.2) is 36.4 Å². The van der Waals surface area contributed by atoms with Crippen LogP contribution in [0.2, 0.25) is 10.2 Å². The molecule has 1 aromatic heterocycles. The molecule has 0 fully saturated rings. The van der Waals surface area contributed by atoms with E-state index in [4.69, 9.17) is 23.2 Å². The Morgan fingerprint density at radius 1 is 0.950 bits per heavy atom. The van der Waals surface area contributed by atoms with Gasteiger partial charge >= 0.3 is 0 Å². The summed E-state index contributed by atoms with van der Waals surface area (Å²) in [5.74, 6) is 0.594. The lowest BCUT2D eigenvalue weighted by Crippen LogP contribution is -1.94. The first-order chi connectivity index (χ1) is 9.54. The van der Waals surface area contributed by atoms with E-state index in [0.29, 0.717) is 16.0 Å². The van der Waals surface area contributed by atoms with Crippen LogP contribution in [0.25, 0.3) is 22.3 Å². The van der Waals surface area contributed by atoms with Crippen molar-refractivity contribution in [2.45, 2.75) is 13.8 Å². The summed E-state index contributed by atoms with van der Waals surface area (Å²) in [6.45, 7) is 4.06. The zero-order valence-corrected chi connectivity index (χ0v) is 12.6. The first-order valence-electron chi connectivity index (χ1n) is 6.25. The summed E-state index contributed by atoms with van der Waals surface area (Å²) >= 11 is 12.3. The third kappa shape index (κ3) is 2.37. The Bertz CT molecular complexity index is 813. The predicted molar refractivity (Wildman–Crippen MR) is 84.5 cm³/mol. The number of aromatic nitrogens is 2. The Morgan fingerprint density at radius 2 is 1.75 bits per heavy atom. The van der Waals surface area contributed by atoms with Gasteiger partial charge in [0.25, 0.3) is 0 Å². The zero-order chi connectivity index (χ0) is 14.3. The maximum absolute atomic E-state index is 6.31. The molecule has 0 aliphatic rings. The quantitative estimate of drug-likeness (QED) is 0.576. The average molecular weight is 303 g/mol. The van der Waals surface area contributed by atoms with E-state index in [1.165, 1.54) is 0 Å². The number of benzene rings is 2. The summed E-state index contributed by atoms with van der Waals surface area (Å²) in [5.41, 5.74) is 3.98. The van der Waals surface area contributed by atoms with Crippen LogP contribution in [-0.2, 0) is 0 Å². The number of halogens is 2. The number of hydrogen-bond acceptors (Lipinski definition) is 2. The third-order valence-corrected chi connectivity index (χ3v) is 3.69. The fourth-order valence-corrected chi connectivity index (χ4v) is 2.72. The van der Waals surface area contributed by atoms with Gasteiger partial charge in [-0.25, -0.2) is 9.97 Å². The van der Waals surface area contributed by atoms with Crippen LogP contribution < -0.4 is 0 Å². The molecule has 2 aromatic carbocycles. The van der Waals surface area contributed by atoms with Crippen LogP contribution in [0.3, 0.4) is 0 Å². The number of aryl methyl sites for hydroxylation is 2. The Balaban J connectivity index is 2.29. The molecule has 0 atom stereocenters. The largest absolute Gasteiger partial charge is 0.228 e. The fraction of sp³-hybridized carbons (Fsp3) is 0.125. The summed E-state index contributed by atoms with van der Waals surface area (Å²) in [5, 5.41) is 2.01. The molecule has 0 amide bonds. The van der Waals surface area contributed by atoms with Crippen molar-refractivity contribution in [3.8, 4) is 11.4 Å². The molecule has 0 unspecified atom stereocenters. The molecule has 20 heavy (non-hydrogen) atoms. The van der Waals surface area contributed by atoms with E-state index >= 15 is 0 Å². The number of rotatable bonds is 1. The molecule has 0 N–H and O–H groups in total. The summed E-state index contributed by atoms with van der Waals surface area (Å²) in [6.07, 6.45) is 0. The van der Waals surface area contributed by atoms with Crippen molar-refractivity contribution in [2.24, 2.45) is 0 Å². The van der Waals surface area contributed by atoms with Gasteiger partial charge in [-0.2, -0.15) is 0 Å². The predicted octanol–water partition coefficient (Wildman–Crippen LogP) is 5.22. The zero-order valence-electron chi connectivity index (χ0n) is 11.1. The Hall–Kier alpha value is -1.64. The molecule has 0 spiro atoms. The Labute approximate surface area is 127 Å². The van der Waals surface area contributed by atoms with Crippen molar-refractivity contribution in [3.63, 3.8) is 0 Å². The number of nitrogens with zero attached hydrogens (tertiary/aromatic N) is 2. The highest BCUT2D eigenvalue weighted by atomic mass is 35.5. The molecule has 3 aromatic rings. The molecule has 0 saturated carbocycles. The normalized spacial score (nSPS) is 11.0. The van der Waals surface area contributed by atoms with Gasteiger partial charge in [0.1, 0.15) is 5.15 Å². The minimum absolute atomic E-state index is 0.469. The van der Waals surface area contributed by atoms with Crippen molar-refractivity contribution in [3.05, 3.63) is 57.7 Å². The molecule has 2 nitrogen and oxygen atoms in total. The second kappa shape index (κ2) is 5.04. The second-order valence-electron chi connectivity index (χ2n) is 4.83. The van der Waals surface area contributed by atoms with Crippen LogP contribution in [0.1, 0.15) is 11.1 Å². The van der Waals surface area contributed by atoms with Crippen LogP contribution in [0, 0.1) is 13.8 Å². The third-order valence-electron chi connectivity index (χ3n) is 3.17. The maximum atomic E-state index is 6.31. The highest BCUT2D eigenvalue weighted by Gasteiger charge is 2.10. The first-order valence-corrected chi connectivity index (χ1v) is 7.00. The average Bonchev–Trinajstić information content (AvgIpc) is 2.39. The summed E-state index contributed by atoms with van der Waals surface area (Å²) < 4.78 is 0. The molecule has 0 saturated heterocycles. The van der Waals surface area contributed by atoms with Gasteiger partial charge in [0.2, 0.25) is 0 Å². The highest BCUT2D eigenvalue weighted by molar-refractivity contribution is 6.34. The van der Waals surface area contributed by atoms with Gasteiger partial charge in [0, 0.05) is 16.0 Å². The molecule has 100 valence electrons. The Kier molecular flexibility index (Phi) is 3.36. The van der Waals surface area contributed by atoms with Crippen molar-refractivity contribution in [2.75, 3.05) is 0 Å². The van der Waals surface area contributed by atoms with E-state index in [9.17, 15) is 0 Å². The van der Waals surface area contributed by atoms with Crippen molar-refractivity contribution in [1.82, 2.24) is 9.97 Å². The minimum Gasteiger partial charge on any atom is -0.228 e. The van der Waals surface area contributed by atoms with Gasteiger partial charge in [-0.1, -0.05) is 47.0 Å². The molecule has 4 heteroatoms. The summed E-state index contributed by atoms with van der Waals surface area (Å²) in [7, 11) is 0. The van der Waals surface area contributed by atoms with E-state index in [0.717, 1.165) is 27.6 Å². The Morgan fingerprint density at radius 3 is 2.50 bits per heavy atom. The van der Waals surface area contributed by atoms with Gasteiger partial charge in [-0.05, 0) is 37.6 Å². The number of hydrogen-bond donors (Lipinski definition) is 0. The number of fused-ring (bicyclic) bond motifs is 1. The standard InChI is InChI=1S/C16H12Cl2N2/c1-9-6-10(2)14-13(7-9)15(18)20-16(19-14)11-4-3-5-12(17)8-11/h3-8H,1-2H3. The van der Waals surface area contributed by atoms with Crippen molar-refractivity contribution in [1.29, 1.82) is 0 Å². The SMILES string of the molecule is Cc1cc(C)c2nc(-c3cccc(Cl)c3)nc(Cl)c2c1. The van der Waals surface area contributed by atoms with Crippen LogP contribution >= 0.6 is 23.2 Å². The van der Waals surface area contributed by atoms with E-state index in [2.05, 4.69) is 16.0 Å². The lowest BCUT2D eigenvalue weighted by molar-refractivity contribution is 1.21. The van der Waals surface area contributed by atoms with Gasteiger partial charge in [-0.15, -0.1) is 0 Å². The highest BCUT2D eigenvalue weighted by Crippen LogP contribution is 2.28. The monoisotopic (exact) mass is 302 g/mol. The van der Waals surface area contributed by atoms with Crippen molar-refractivity contribution < 1.29 is 0 Å². The lowest BCUT2D eigenvalue weighted by Gasteiger charge is -2.08. The van der Waals surface area contributed by atoms with Crippen LogP contribution in [0.4, 0.5) is 0 Å². The summed E-state index contributed by atoms with van der Waals surface area (Å²) in [4.78, 5) is 9.02. The minimum atomic E-state index is 0.469. The van der Waals surface area contributed by atoms with Gasteiger partial charge < -0.3 is 0 Å². The smallest absolute Gasteiger partial charge is 0.161 e. The maximum Gasteiger partial charge on any atom is 0.161 e.